The predicted octanol–water partition coefficient (Wildman–Crippen LogP) is -0.263. The van der Waals surface area contributed by atoms with Crippen molar-refractivity contribution < 1.29 is 22.9 Å². The van der Waals surface area contributed by atoms with Crippen molar-refractivity contribution in [2.75, 3.05) is 39.3 Å². The van der Waals surface area contributed by atoms with Gasteiger partial charge in [-0.05, 0) is 38.3 Å². The number of benzene rings is 1. The highest BCUT2D eigenvalue weighted by atomic mass is 32.2. The average molecular weight is 412 g/mol. The van der Waals surface area contributed by atoms with Crippen molar-refractivity contribution in [3.8, 4) is 0 Å². The zero-order chi connectivity index (χ0) is 20.9. The molecule has 3 amide bonds. The summed E-state index contributed by atoms with van der Waals surface area (Å²) in [7, 11) is -3.57. The van der Waals surface area contributed by atoms with Crippen molar-refractivity contribution in [3.63, 3.8) is 0 Å². The van der Waals surface area contributed by atoms with Gasteiger partial charge < -0.3 is 10.2 Å². The number of aryl methyl sites for hydroxylation is 3. The maximum atomic E-state index is 13.1. The smallest absolute Gasteiger partial charge is 0.321 e. The van der Waals surface area contributed by atoms with Crippen LogP contribution in [0, 0.1) is 20.8 Å². The lowest BCUT2D eigenvalue weighted by molar-refractivity contribution is -0.895. The van der Waals surface area contributed by atoms with Gasteiger partial charge in [0.1, 0.15) is 0 Å². The van der Waals surface area contributed by atoms with E-state index in [0.29, 0.717) is 37.6 Å². The number of piperazine rings is 1. The van der Waals surface area contributed by atoms with Gasteiger partial charge in [0.2, 0.25) is 10.0 Å². The summed E-state index contributed by atoms with van der Waals surface area (Å²) in [6.07, 6.45) is 0.795. The van der Waals surface area contributed by atoms with Crippen LogP contribution in [0.3, 0.4) is 0 Å². The van der Waals surface area contributed by atoms with Crippen LogP contribution in [0.2, 0.25) is 0 Å². The molecule has 28 heavy (non-hydrogen) atoms. The van der Waals surface area contributed by atoms with E-state index in [-0.39, 0.29) is 12.5 Å². The molecule has 1 saturated heterocycles. The zero-order valence-electron chi connectivity index (χ0n) is 17.1. The van der Waals surface area contributed by atoms with Crippen LogP contribution in [0.4, 0.5) is 4.79 Å². The Bertz CT molecular complexity index is 807. The molecule has 1 heterocycles. The van der Waals surface area contributed by atoms with Gasteiger partial charge in [-0.1, -0.05) is 24.6 Å². The van der Waals surface area contributed by atoms with Crippen LogP contribution in [0.1, 0.15) is 30.0 Å². The minimum atomic E-state index is -3.57. The number of nitrogens with zero attached hydrogens (tertiary/aromatic N) is 1. The van der Waals surface area contributed by atoms with Crippen molar-refractivity contribution >= 4 is 22.0 Å². The number of sulfonamides is 1. The normalized spacial score (nSPS) is 16.0. The number of urea groups is 1. The predicted molar refractivity (Wildman–Crippen MR) is 107 cm³/mol. The molecular weight excluding hydrogens is 380 g/mol. The van der Waals surface area contributed by atoms with Gasteiger partial charge >= 0.3 is 6.03 Å². The van der Waals surface area contributed by atoms with E-state index >= 15 is 0 Å². The van der Waals surface area contributed by atoms with Gasteiger partial charge in [0.25, 0.3) is 5.91 Å². The Morgan fingerprint density at radius 2 is 1.68 bits per heavy atom. The number of carbonyl (C=O) groups excluding carboxylic acids is 2. The third kappa shape index (κ3) is 5.52. The first-order valence-electron chi connectivity index (χ1n) is 9.64. The molecule has 0 unspecified atom stereocenters. The Labute approximate surface area is 167 Å². The van der Waals surface area contributed by atoms with E-state index in [1.807, 2.05) is 39.8 Å². The fourth-order valence-electron chi connectivity index (χ4n) is 3.60. The Balaban J connectivity index is 1.95. The largest absolute Gasteiger partial charge is 0.338 e. The first-order chi connectivity index (χ1) is 13.1. The molecule has 9 heteroatoms. The molecule has 0 aromatic heterocycles. The number of quaternary nitrogens is 1. The number of carbonyl (C=O) groups is 2. The van der Waals surface area contributed by atoms with Crippen molar-refractivity contribution in [2.45, 2.75) is 39.0 Å². The van der Waals surface area contributed by atoms with Gasteiger partial charge in [-0.3, -0.25) is 10.1 Å². The fraction of sp³-hybridized carbons (Fsp3) is 0.579. The van der Waals surface area contributed by atoms with Crippen molar-refractivity contribution in [1.29, 1.82) is 0 Å². The summed E-state index contributed by atoms with van der Waals surface area (Å²) in [5.74, 6) is -0.356. The standard InChI is InChI=1S/C19H30N4O4S/c1-5-6-20-19(25)21-17(24)13-22-7-9-23(10-8-22)28(26,27)18-15(3)11-14(2)12-16(18)4/h11-12H,5-10,13H2,1-4H3,(H2,20,21,24,25)/p+1. The maximum absolute atomic E-state index is 13.1. The summed E-state index contributed by atoms with van der Waals surface area (Å²) in [6, 6.07) is 3.28. The highest BCUT2D eigenvalue weighted by Gasteiger charge is 2.33. The Morgan fingerprint density at radius 1 is 1.11 bits per heavy atom. The SMILES string of the molecule is CCCNC(=O)NC(=O)C[NH+]1CCN(S(=O)(=O)c2c(C)cc(C)cc2C)CC1. The highest BCUT2D eigenvalue weighted by molar-refractivity contribution is 7.89. The van der Waals surface area contributed by atoms with E-state index in [0.717, 1.165) is 28.0 Å². The second-order valence-corrected chi connectivity index (χ2v) is 9.24. The molecule has 156 valence electrons. The van der Waals surface area contributed by atoms with E-state index in [9.17, 15) is 18.0 Å². The molecule has 0 radical (unpaired) electrons. The number of nitrogens with one attached hydrogen (secondary N) is 3. The molecule has 1 aromatic rings. The summed E-state index contributed by atoms with van der Waals surface area (Å²) in [6.45, 7) is 9.92. The van der Waals surface area contributed by atoms with E-state index in [2.05, 4.69) is 10.6 Å². The van der Waals surface area contributed by atoms with Gasteiger partial charge in [-0.2, -0.15) is 4.31 Å². The highest BCUT2D eigenvalue weighted by Crippen LogP contribution is 2.25. The monoisotopic (exact) mass is 411 g/mol. The minimum Gasteiger partial charge on any atom is -0.338 e. The molecular formula is C19H31N4O4S+. The second kappa shape index (κ2) is 9.49. The molecule has 0 bridgehead atoms. The number of imide groups is 1. The van der Waals surface area contributed by atoms with Crippen LogP contribution in [0.15, 0.2) is 17.0 Å². The summed E-state index contributed by atoms with van der Waals surface area (Å²) in [5.41, 5.74) is 2.55. The topological polar surface area (TPSA) is 100 Å². The number of amides is 3. The molecule has 2 rings (SSSR count). The Hall–Kier alpha value is -1.97. The van der Waals surface area contributed by atoms with Crippen LogP contribution in [0.5, 0.6) is 0 Å². The van der Waals surface area contributed by atoms with Gasteiger partial charge in [0.15, 0.2) is 6.54 Å². The quantitative estimate of drug-likeness (QED) is 0.600. The average Bonchev–Trinajstić information content (AvgIpc) is 2.59. The fourth-order valence-corrected chi connectivity index (χ4v) is 5.46. The van der Waals surface area contributed by atoms with Crippen molar-refractivity contribution in [2.24, 2.45) is 0 Å². The number of hydrogen-bond donors (Lipinski definition) is 3. The molecule has 1 aliphatic rings. The van der Waals surface area contributed by atoms with Crippen LogP contribution < -0.4 is 15.5 Å². The first kappa shape index (κ1) is 22.3. The van der Waals surface area contributed by atoms with Gasteiger partial charge in [-0.15, -0.1) is 0 Å². The van der Waals surface area contributed by atoms with Crippen LogP contribution in [-0.2, 0) is 14.8 Å². The first-order valence-corrected chi connectivity index (χ1v) is 11.1. The van der Waals surface area contributed by atoms with E-state index in [4.69, 9.17) is 0 Å². The lowest BCUT2D eigenvalue weighted by atomic mass is 10.1. The molecule has 0 aliphatic carbocycles. The summed E-state index contributed by atoms with van der Waals surface area (Å²) in [4.78, 5) is 24.9. The summed E-state index contributed by atoms with van der Waals surface area (Å²) >= 11 is 0. The molecule has 1 aliphatic heterocycles. The van der Waals surface area contributed by atoms with Gasteiger partial charge in [0.05, 0.1) is 31.1 Å². The molecule has 0 spiro atoms. The van der Waals surface area contributed by atoms with Crippen LogP contribution >= 0.6 is 0 Å². The van der Waals surface area contributed by atoms with Gasteiger partial charge in [0, 0.05) is 6.54 Å². The van der Waals surface area contributed by atoms with Crippen molar-refractivity contribution in [3.05, 3.63) is 28.8 Å². The van der Waals surface area contributed by atoms with Crippen LogP contribution in [-0.4, -0.2) is 63.9 Å². The molecule has 3 N–H and O–H groups in total. The number of hydrogen-bond acceptors (Lipinski definition) is 4. The Morgan fingerprint density at radius 3 is 2.21 bits per heavy atom. The lowest BCUT2D eigenvalue weighted by Gasteiger charge is -2.31. The van der Waals surface area contributed by atoms with Crippen LogP contribution in [0.25, 0.3) is 0 Å². The van der Waals surface area contributed by atoms with E-state index in [1.165, 1.54) is 4.31 Å². The Kier molecular flexibility index (Phi) is 7.56. The lowest BCUT2D eigenvalue weighted by Crippen LogP contribution is -3.15. The second-order valence-electron chi connectivity index (χ2n) is 7.36. The molecule has 0 atom stereocenters. The molecule has 1 fully saturated rings. The van der Waals surface area contributed by atoms with Crippen molar-refractivity contribution in [1.82, 2.24) is 14.9 Å². The summed E-state index contributed by atoms with van der Waals surface area (Å²) < 4.78 is 27.7. The molecule has 0 saturated carbocycles. The van der Waals surface area contributed by atoms with E-state index < -0.39 is 16.1 Å². The third-order valence-electron chi connectivity index (χ3n) is 4.83. The zero-order valence-corrected chi connectivity index (χ0v) is 17.9. The molecule has 1 aromatic carbocycles. The summed E-state index contributed by atoms with van der Waals surface area (Å²) in [5, 5.41) is 4.90. The van der Waals surface area contributed by atoms with Gasteiger partial charge in [-0.25, -0.2) is 13.2 Å². The van der Waals surface area contributed by atoms with E-state index in [1.54, 1.807) is 0 Å². The minimum absolute atomic E-state index is 0.149. The number of rotatable bonds is 6. The molecule has 8 nitrogen and oxygen atoms in total. The third-order valence-corrected chi connectivity index (χ3v) is 7.04. The maximum Gasteiger partial charge on any atom is 0.321 e.